The highest BCUT2D eigenvalue weighted by Crippen LogP contribution is 2.27. The van der Waals surface area contributed by atoms with Gasteiger partial charge >= 0.3 is 6.03 Å². The standard InChI is InChI=1S/C19H20N6O2/c1-22-6-7-24(19(22)27)15-9-21-25(12-15)16-10-23(11-16)18(26)14-2-3-17-13(8-14)4-5-20-17/h2-5,8-9,12,16,20H,6-7,10-11H2,1H3. The third-order valence-electron chi connectivity index (χ3n) is 5.44. The van der Waals surface area contributed by atoms with Gasteiger partial charge in [0, 0.05) is 62.1 Å². The lowest BCUT2D eigenvalue weighted by Crippen LogP contribution is -2.50. The van der Waals surface area contributed by atoms with E-state index in [0.29, 0.717) is 25.2 Å². The average Bonchev–Trinajstić information content (AvgIpc) is 3.34. The number of amides is 3. The summed E-state index contributed by atoms with van der Waals surface area (Å²) in [4.78, 5) is 33.2. The van der Waals surface area contributed by atoms with E-state index in [4.69, 9.17) is 0 Å². The third-order valence-corrected chi connectivity index (χ3v) is 5.44. The Morgan fingerprint density at radius 1 is 1.22 bits per heavy atom. The second-order valence-electron chi connectivity index (χ2n) is 7.18. The van der Waals surface area contributed by atoms with Crippen LogP contribution in [0.25, 0.3) is 10.9 Å². The number of nitrogens with one attached hydrogen (secondary N) is 1. The Morgan fingerprint density at radius 2 is 2.07 bits per heavy atom. The monoisotopic (exact) mass is 364 g/mol. The molecule has 2 saturated heterocycles. The lowest BCUT2D eigenvalue weighted by Gasteiger charge is -2.39. The summed E-state index contributed by atoms with van der Waals surface area (Å²) in [6.07, 6.45) is 5.49. The van der Waals surface area contributed by atoms with E-state index in [-0.39, 0.29) is 18.0 Å². The van der Waals surface area contributed by atoms with Gasteiger partial charge in [0.1, 0.15) is 0 Å². The summed E-state index contributed by atoms with van der Waals surface area (Å²) < 4.78 is 1.86. The van der Waals surface area contributed by atoms with Gasteiger partial charge in [-0.25, -0.2) is 4.79 Å². The van der Waals surface area contributed by atoms with Gasteiger partial charge in [-0.2, -0.15) is 5.10 Å². The summed E-state index contributed by atoms with van der Waals surface area (Å²) in [7, 11) is 1.80. The number of nitrogens with zero attached hydrogens (tertiary/aromatic N) is 5. The number of benzene rings is 1. The molecular weight excluding hydrogens is 344 g/mol. The number of urea groups is 1. The van der Waals surface area contributed by atoms with Crippen LogP contribution in [0.4, 0.5) is 10.5 Å². The van der Waals surface area contributed by atoms with Crippen molar-refractivity contribution >= 4 is 28.5 Å². The van der Waals surface area contributed by atoms with E-state index in [2.05, 4.69) is 10.1 Å². The first-order valence-electron chi connectivity index (χ1n) is 9.03. The Labute approximate surface area is 155 Å². The molecule has 5 rings (SSSR count). The predicted octanol–water partition coefficient (Wildman–Crippen LogP) is 1.93. The number of hydrogen-bond donors (Lipinski definition) is 1. The van der Waals surface area contributed by atoms with Gasteiger partial charge in [0.05, 0.1) is 17.9 Å². The van der Waals surface area contributed by atoms with Crippen LogP contribution in [0.2, 0.25) is 0 Å². The molecule has 2 aromatic heterocycles. The van der Waals surface area contributed by atoms with Crippen LogP contribution in [0.1, 0.15) is 16.4 Å². The van der Waals surface area contributed by atoms with Crippen LogP contribution in [0, 0.1) is 0 Å². The van der Waals surface area contributed by atoms with E-state index < -0.39 is 0 Å². The summed E-state index contributed by atoms with van der Waals surface area (Å²) in [6, 6.07) is 7.82. The maximum absolute atomic E-state index is 12.7. The van der Waals surface area contributed by atoms with Crippen LogP contribution in [0.3, 0.4) is 0 Å². The van der Waals surface area contributed by atoms with Gasteiger partial charge in [-0.1, -0.05) is 0 Å². The van der Waals surface area contributed by atoms with Crippen LogP contribution in [-0.2, 0) is 0 Å². The van der Waals surface area contributed by atoms with Gasteiger partial charge < -0.3 is 14.8 Å². The predicted molar refractivity (Wildman–Crippen MR) is 101 cm³/mol. The molecule has 138 valence electrons. The van der Waals surface area contributed by atoms with Gasteiger partial charge in [-0.15, -0.1) is 0 Å². The molecule has 0 unspecified atom stereocenters. The van der Waals surface area contributed by atoms with E-state index in [1.807, 2.05) is 46.2 Å². The van der Waals surface area contributed by atoms with Gasteiger partial charge in [-0.3, -0.25) is 14.4 Å². The molecule has 0 spiro atoms. The first-order chi connectivity index (χ1) is 13.1. The molecule has 4 heterocycles. The molecule has 1 aromatic carbocycles. The minimum absolute atomic E-state index is 0.000104. The van der Waals surface area contributed by atoms with Crippen LogP contribution in [0.15, 0.2) is 42.9 Å². The number of fused-ring (bicyclic) bond motifs is 1. The van der Waals surface area contributed by atoms with Crippen LogP contribution >= 0.6 is 0 Å². The van der Waals surface area contributed by atoms with E-state index >= 15 is 0 Å². The number of anilines is 1. The van der Waals surface area contributed by atoms with Crippen molar-refractivity contribution in [2.45, 2.75) is 6.04 Å². The molecule has 0 atom stereocenters. The molecule has 8 heteroatoms. The molecule has 1 N–H and O–H groups in total. The second kappa shape index (κ2) is 5.87. The Kier molecular flexibility index (Phi) is 3.46. The SMILES string of the molecule is CN1CCN(c2cnn(C3CN(C(=O)c4ccc5[nH]ccc5c4)C3)c2)C1=O. The molecule has 0 aliphatic carbocycles. The van der Waals surface area contributed by atoms with Gasteiger partial charge in [0.15, 0.2) is 0 Å². The van der Waals surface area contributed by atoms with E-state index in [0.717, 1.165) is 23.1 Å². The van der Waals surface area contributed by atoms with Crippen LogP contribution in [-0.4, -0.2) is 69.7 Å². The quantitative estimate of drug-likeness (QED) is 0.771. The summed E-state index contributed by atoms with van der Waals surface area (Å²) in [5, 5.41) is 5.44. The number of carbonyl (C=O) groups is 2. The number of likely N-dealkylation sites (tertiary alicyclic amines) is 1. The number of rotatable bonds is 3. The second-order valence-corrected chi connectivity index (χ2v) is 7.18. The van der Waals surface area contributed by atoms with Crippen molar-refractivity contribution in [3.8, 4) is 0 Å². The summed E-state index contributed by atoms with van der Waals surface area (Å²) in [5.41, 5.74) is 2.54. The molecule has 0 bridgehead atoms. The molecule has 0 saturated carbocycles. The highest BCUT2D eigenvalue weighted by atomic mass is 16.2. The van der Waals surface area contributed by atoms with Crippen molar-refractivity contribution in [2.75, 3.05) is 38.1 Å². The fraction of sp³-hybridized carbons (Fsp3) is 0.316. The molecule has 3 aromatic rings. The summed E-state index contributed by atoms with van der Waals surface area (Å²) >= 11 is 0. The Morgan fingerprint density at radius 3 is 2.85 bits per heavy atom. The largest absolute Gasteiger partial charge is 0.361 e. The first-order valence-corrected chi connectivity index (χ1v) is 9.03. The number of aromatic amines is 1. The molecule has 3 amide bonds. The fourth-order valence-electron chi connectivity index (χ4n) is 3.71. The van der Waals surface area contributed by atoms with Crippen molar-refractivity contribution in [3.05, 3.63) is 48.4 Å². The third kappa shape index (κ3) is 2.56. The molecule has 2 fully saturated rings. The lowest BCUT2D eigenvalue weighted by molar-refractivity contribution is 0.0502. The normalized spacial score (nSPS) is 17.8. The van der Waals surface area contributed by atoms with Crippen molar-refractivity contribution in [1.82, 2.24) is 24.6 Å². The maximum atomic E-state index is 12.7. The van der Waals surface area contributed by atoms with E-state index in [1.54, 1.807) is 23.0 Å². The Balaban J connectivity index is 1.25. The zero-order valence-corrected chi connectivity index (χ0v) is 15.0. The minimum atomic E-state index is 0.000104. The number of aromatic nitrogens is 3. The lowest BCUT2D eigenvalue weighted by atomic mass is 10.1. The van der Waals surface area contributed by atoms with Crippen LogP contribution in [0.5, 0.6) is 0 Å². The van der Waals surface area contributed by atoms with Gasteiger partial charge in [0.25, 0.3) is 5.91 Å². The van der Waals surface area contributed by atoms with Gasteiger partial charge in [0.2, 0.25) is 0 Å². The smallest absolute Gasteiger partial charge is 0.324 e. The highest BCUT2D eigenvalue weighted by molar-refractivity contribution is 5.98. The number of likely N-dealkylation sites (N-methyl/N-ethyl adjacent to an activating group) is 1. The number of hydrogen-bond acceptors (Lipinski definition) is 3. The van der Waals surface area contributed by atoms with Crippen molar-refractivity contribution in [3.63, 3.8) is 0 Å². The summed E-state index contributed by atoms with van der Waals surface area (Å²) in [5.74, 6) is 0.0399. The van der Waals surface area contributed by atoms with Crippen LogP contribution < -0.4 is 4.90 Å². The molecule has 8 nitrogen and oxygen atoms in total. The highest BCUT2D eigenvalue weighted by Gasteiger charge is 2.34. The summed E-state index contributed by atoms with van der Waals surface area (Å²) in [6.45, 7) is 2.65. The molecule has 2 aliphatic rings. The van der Waals surface area contributed by atoms with E-state index in [1.165, 1.54) is 0 Å². The van der Waals surface area contributed by atoms with E-state index in [9.17, 15) is 9.59 Å². The number of carbonyl (C=O) groups excluding carboxylic acids is 2. The fourth-order valence-corrected chi connectivity index (χ4v) is 3.71. The molecule has 0 radical (unpaired) electrons. The average molecular weight is 364 g/mol. The molecule has 2 aliphatic heterocycles. The van der Waals surface area contributed by atoms with Crippen molar-refractivity contribution in [2.24, 2.45) is 0 Å². The molecule has 27 heavy (non-hydrogen) atoms. The maximum Gasteiger partial charge on any atom is 0.324 e. The zero-order chi connectivity index (χ0) is 18.5. The zero-order valence-electron chi connectivity index (χ0n) is 15.0. The van der Waals surface area contributed by atoms with Gasteiger partial charge in [-0.05, 0) is 24.3 Å². The first kappa shape index (κ1) is 15.9. The molecular formula is C19H20N6O2. The minimum Gasteiger partial charge on any atom is -0.361 e. The number of H-pyrrole nitrogens is 1. The Bertz CT molecular complexity index is 1030. The Hall–Kier alpha value is -3.29. The topological polar surface area (TPSA) is 77.5 Å². The van der Waals surface area contributed by atoms with Crippen molar-refractivity contribution < 1.29 is 9.59 Å². The van der Waals surface area contributed by atoms with Crippen molar-refractivity contribution in [1.29, 1.82) is 0 Å².